The van der Waals surface area contributed by atoms with Crippen LogP contribution in [0.5, 0.6) is 11.5 Å². The van der Waals surface area contributed by atoms with Crippen LogP contribution in [0.25, 0.3) is 11.1 Å². The lowest BCUT2D eigenvalue weighted by atomic mass is 9.98. The van der Waals surface area contributed by atoms with E-state index in [0.717, 1.165) is 55.9 Å². The van der Waals surface area contributed by atoms with E-state index in [0.29, 0.717) is 18.3 Å². The van der Waals surface area contributed by atoms with Gasteiger partial charge in [-0.05, 0) is 61.6 Å². The van der Waals surface area contributed by atoms with E-state index in [1.165, 1.54) is 5.56 Å². The van der Waals surface area contributed by atoms with Gasteiger partial charge in [0, 0.05) is 13.1 Å². The number of rotatable bonds is 5. The summed E-state index contributed by atoms with van der Waals surface area (Å²) in [7, 11) is 0. The van der Waals surface area contributed by atoms with Crippen molar-refractivity contribution in [2.45, 2.75) is 32.2 Å². The van der Waals surface area contributed by atoms with Crippen LogP contribution in [0.4, 0.5) is 0 Å². The van der Waals surface area contributed by atoms with Gasteiger partial charge in [0.15, 0.2) is 17.1 Å². The number of nitrogens with zero attached hydrogens (tertiary/aromatic N) is 2. The van der Waals surface area contributed by atoms with Crippen LogP contribution >= 0.6 is 0 Å². The third-order valence-electron chi connectivity index (χ3n) is 5.96. The Morgan fingerprint density at radius 3 is 2.93 bits per heavy atom. The summed E-state index contributed by atoms with van der Waals surface area (Å²) in [4.78, 5) is 14.9. The maximum absolute atomic E-state index is 12.5. The van der Waals surface area contributed by atoms with E-state index in [4.69, 9.17) is 13.9 Å². The molecule has 0 bridgehead atoms. The monoisotopic (exact) mass is 394 g/mol. The van der Waals surface area contributed by atoms with Gasteiger partial charge in [0.1, 0.15) is 0 Å². The van der Waals surface area contributed by atoms with E-state index in [9.17, 15) is 4.79 Å². The molecular weight excluding hydrogens is 368 g/mol. The SMILES string of the molecule is C[C@H](Cc1ccc2c(c1)OCO2)CN1CCC[C@H](n2c(=O)oc3ccccc32)C1. The molecular formula is C23H26N2O4. The van der Waals surface area contributed by atoms with Crippen molar-refractivity contribution in [3.8, 4) is 11.5 Å². The van der Waals surface area contributed by atoms with Crippen LogP contribution in [-0.4, -0.2) is 35.9 Å². The lowest BCUT2D eigenvalue weighted by molar-refractivity contribution is 0.155. The fraction of sp³-hybridized carbons (Fsp3) is 0.435. The minimum Gasteiger partial charge on any atom is -0.454 e. The molecule has 2 aliphatic heterocycles. The third kappa shape index (κ3) is 3.65. The number of benzene rings is 2. The number of hydrogen-bond acceptors (Lipinski definition) is 5. The number of aromatic nitrogens is 1. The molecule has 6 heteroatoms. The molecule has 1 saturated heterocycles. The first-order valence-electron chi connectivity index (χ1n) is 10.4. The van der Waals surface area contributed by atoms with Crippen LogP contribution in [0, 0.1) is 5.92 Å². The van der Waals surface area contributed by atoms with Gasteiger partial charge in [0.25, 0.3) is 0 Å². The molecule has 0 N–H and O–H groups in total. The number of likely N-dealkylation sites (tertiary alicyclic amines) is 1. The highest BCUT2D eigenvalue weighted by Crippen LogP contribution is 2.33. The zero-order valence-electron chi connectivity index (χ0n) is 16.7. The highest BCUT2D eigenvalue weighted by atomic mass is 16.7. The molecule has 29 heavy (non-hydrogen) atoms. The number of fused-ring (bicyclic) bond motifs is 2. The molecule has 0 aliphatic carbocycles. The van der Waals surface area contributed by atoms with Crippen molar-refractivity contribution in [1.82, 2.24) is 9.47 Å². The topological polar surface area (TPSA) is 56.8 Å². The molecule has 1 fully saturated rings. The van der Waals surface area contributed by atoms with Crippen LogP contribution in [-0.2, 0) is 6.42 Å². The highest BCUT2D eigenvalue weighted by molar-refractivity contribution is 5.72. The van der Waals surface area contributed by atoms with Crippen molar-refractivity contribution in [3.05, 3.63) is 58.6 Å². The summed E-state index contributed by atoms with van der Waals surface area (Å²) in [6, 6.07) is 14.1. The van der Waals surface area contributed by atoms with Crippen molar-refractivity contribution >= 4 is 11.1 Å². The van der Waals surface area contributed by atoms with E-state index in [1.54, 1.807) is 0 Å². The molecule has 2 aliphatic rings. The molecule has 0 unspecified atom stereocenters. The van der Waals surface area contributed by atoms with Gasteiger partial charge in [-0.15, -0.1) is 0 Å². The number of oxazole rings is 1. The second-order valence-electron chi connectivity index (χ2n) is 8.26. The summed E-state index contributed by atoms with van der Waals surface area (Å²) in [5.74, 6) is 1.94. The van der Waals surface area contributed by atoms with Gasteiger partial charge in [-0.1, -0.05) is 25.1 Å². The van der Waals surface area contributed by atoms with E-state index >= 15 is 0 Å². The Kier molecular flexibility index (Phi) is 4.79. The van der Waals surface area contributed by atoms with Crippen LogP contribution in [0.1, 0.15) is 31.4 Å². The van der Waals surface area contributed by atoms with Crippen molar-refractivity contribution in [2.75, 3.05) is 26.4 Å². The van der Waals surface area contributed by atoms with Gasteiger partial charge < -0.3 is 18.8 Å². The summed E-state index contributed by atoms with van der Waals surface area (Å²) in [5.41, 5.74) is 2.84. The second-order valence-corrected chi connectivity index (χ2v) is 8.26. The summed E-state index contributed by atoms with van der Waals surface area (Å²) in [5, 5.41) is 0. The number of hydrogen-bond donors (Lipinski definition) is 0. The molecule has 3 aromatic rings. The quantitative estimate of drug-likeness (QED) is 0.658. The molecule has 0 saturated carbocycles. The van der Waals surface area contributed by atoms with Crippen molar-refractivity contribution in [1.29, 1.82) is 0 Å². The largest absolute Gasteiger partial charge is 0.454 e. The Labute approximate surface area is 169 Å². The molecule has 6 nitrogen and oxygen atoms in total. The van der Waals surface area contributed by atoms with E-state index in [2.05, 4.69) is 24.0 Å². The zero-order valence-corrected chi connectivity index (χ0v) is 16.7. The minimum atomic E-state index is -0.244. The van der Waals surface area contributed by atoms with E-state index in [-0.39, 0.29) is 11.8 Å². The van der Waals surface area contributed by atoms with E-state index in [1.807, 2.05) is 34.9 Å². The molecule has 2 aromatic carbocycles. The van der Waals surface area contributed by atoms with Gasteiger partial charge in [0.05, 0.1) is 11.6 Å². The van der Waals surface area contributed by atoms with Crippen LogP contribution in [0.3, 0.4) is 0 Å². The van der Waals surface area contributed by atoms with Crippen molar-refractivity contribution in [3.63, 3.8) is 0 Å². The smallest absolute Gasteiger partial charge is 0.420 e. The van der Waals surface area contributed by atoms with Crippen molar-refractivity contribution in [2.24, 2.45) is 5.92 Å². The molecule has 0 spiro atoms. The molecule has 5 rings (SSSR count). The zero-order chi connectivity index (χ0) is 19.8. The fourth-order valence-electron chi connectivity index (χ4n) is 4.71. The standard InChI is InChI=1S/C23H26N2O4/c1-16(11-17-8-9-21-22(12-17)28-15-27-21)13-24-10-4-5-18(14-24)25-19-6-2-3-7-20(19)29-23(25)26/h2-3,6-9,12,16,18H,4-5,10-11,13-15H2,1H3/t16-,18+/m1/s1. The van der Waals surface area contributed by atoms with Gasteiger partial charge in [0.2, 0.25) is 6.79 Å². The van der Waals surface area contributed by atoms with Crippen LogP contribution < -0.4 is 15.2 Å². The first-order valence-corrected chi connectivity index (χ1v) is 10.4. The van der Waals surface area contributed by atoms with Gasteiger partial charge in [-0.3, -0.25) is 4.57 Å². The third-order valence-corrected chi connectivity index (χ3v) is 5.96. The Morgan fingerprint density at radius 2 is 2.00 bits per heavy atom. The predicted molar refractivity (Wildman–Crippen MR) is 111 cm³/mol. The maximum Gasteiger partial charge on any atom is 0.420 e. The molecule has 2 atom stereocenters. The average Bonchev–Trinajstić information content (AvgIpc) is 3.30. The lowest BCUT2D eigenvalue weighted by Gasteiger charge is -2.34. The summed E-state index contributed by atoms with van der Waals surface area (Å²) in [6.07, 6.45) is 3.09. The number of para-hydroxylation sites is 2. The summed E-state index contributed by atoms with van der Waals surface area (Å²) in [6.45, 7) is 5.57. The highest BCUT2D eigenvalue weighted by Gasteiger charge is 2.26. The lowest BCUT2D eigenvalue weighted by Crippen LogP contribution is -2.41. The molecule has 152 valence electrons. The Bertz CT molecular complexity index is 1070. The maximum atomic E-state index is 12.5. The molecule has 0 amide bonds. The van der Waals surface area contributed by atoms with E-state index < -0.39 is 0 Å². The van der Waals surface area contributed by atoms with Gasteiger partial charge >= 0.3 is 5.76 Å². The van der Waals surface area contributed by atoms with Crippen LogP contribution in [0.2, 0.25) is 0 Å². The normalized spacial score (nSPS) is 20.2. The second kappa shape index (κ2) is 7.59. The fourth-order valence-corrected chi connectivity index (χ4v) is 4.71. The van der Waals surface area contributed by atoms with Gasteiger partial charge in [-0.25, -0.2) is 4.79 Å². The average molecular weight is 394 g/mol. The Hall–Kier alpha value is -2.73. The molecule has 3 heterocycles. The summed E-state index contributed by atoms with van der Waals surface area (Å²) < 4.78 is 18.2. The van der Waals surface area contributed by atoms with Gasteiger partial charge in [-0.2, -0.15) is 0 Å². The molecule has 1 aromatic heterocycles. The predicted octanol–water partition coefficient (Wildman–Crippen LogP) is 3.84. The summed E-state index contributed by atoms with van der Waals surface area (Å²) >= 11 is 0. The number of piperidine rings is 1. The number of ether oxygens (including phenoxy) is 2. The Morgan fingerprint density at radius 1 is 1.14 bits per heavy atom. The van der Waals surface area contributed by atoms with Crippen molar-refractivity contribution < 1.29 is 13.9 Å². The first kappa shape index (κ1) is 18.3. The minimum absolute atomic E-state index is 0.164. The van der Waals surface area contributed by atoms with Crippen LogP contribution in [0.15, 0.2) is 51.7 Å². The first-order chi connectivity index (χ1) is 14.2. The Balaban J connectivity index is 1.26. The molecule has 0 radical (unpaired) electrons.